The third-order valence-corrected chi connectivity index (χ3v) is 4.95. The normalized spacial score (nSPS) is 17.7. The van der Waals surface area contributed by atoms with E-state index in [1.54, 1.807) is 0 Å². The van der Waals surface area contributed by atoms with Gasteiger partial charge in [0.15, 0.2) is 0 Å². The largest absolute Gasteiger partial charge is 0.376 e. The van der Waals surface area contributed by atoms with Crippen molar-refractivity contribution in [2.24, 2.45) is 5.92 Å². The highest BCUT2D eigenvalue weighted by Crippen LogP contribution is 2.28. The van der Waals surface area contributed by atoms with Gasteiger partial charge in [-0.25, -0.2) is 4.98 Å². The topological polar surface area (TPSA) is 27.1 Å². The Morgan fingerprint density at radius 1 is 1.18 bits per heavy atom. The molecule has 1 unspecified atom stereocenters. The van der Waals surface area contributed by atoms with Crippen LogP contribution in [0.3, 0.4) is 0 Å². The average molecular weight is 306 g/mol. The summed E-state index contributed by atoms with van der Waals surface area (Å²) in [6.07, 6.45) is 21.1. The van der Waals surface area contributed by atoms with Crippen LogP contribution in [0.25, 0.3) is 0 Å². The van der Waals surface area contributed by atoms with Gasteiger partial charge in [0.05, 0.1) is 12.4 Å². The smallest absolute Gasteiger partial charge is 0.0946 e. The van der Waals surface area contributed by atoms with E-state index in [1.165, 1.54) is 70.6 Å². The lowest BCUT2D eigenvalue weighted by molar-refractivity contribution is 0.0281. The summed E-state index contributed by atoms with van der Waals surface area (Å²) in [5.41, 5.74) is 0. The standard InChI is InChI=1S/C19H34N2O/c1-2-3-4-8-15-22-19(16-21-14-13-20-17-21)12-11-18-9-6-5-7-10-18/h13-14,17-19H,2-12,15-16H2,1H3. The fraction of sp³-hybridized carbons (Fsp3) is 0.842. The third-order valence-electron chi connectivity index (χ3n) is 4.95. The molecule has 1 aliphatic rings. The van der Waals surface area contributed by atoms with Gasteiger partial charge in [0.25, 0.3) is 0 Å². The molecule has 0 aromatic carbocycles. The fourth-order valence-corrected chi connectivity index (χ4v) is 3.53. The molecule has 126 valence electrons. The zero-order valence-corrected chi connectivity index (χ0v) is 14.4. The monoisotopic (exact) mass is 306 g/mol. The molecule has 0 N–H and O–H groups in total. The van der Waals surface area contributed by atoms with Crippen molar-refractivity contribution >= 4 is 0 Å². The molecule has 1 atom stereocenters. The van der Waals surface area contributed by atoms with Crippen LogP contribution in [0.1, 0.15) is 77.6 Å². The van der Waals surface area contributed by atoms with Gasteiger partial charge < -0.3 is 9.30 Å². The van der Waals surface area contributed by atoms with Gasteiger partial charge in [-0.1, -0.05) is 58.3 Å². The van der Waals surface area contributed by atoms with Crippen LogP contribution in [-0.2, 0) is 11.3 Å². The lowest BCUT2D eigenvalue weighted by Crippen LogP contribution is -2.22. The zero-order valence-electron chi connectivity index (χ0n) is 14.4. The molecular weight excluding hydrogens is 272 g/mol. The van der Waals surface area contributed by atoms with E-state index in [0.717, 1.165) is 19.1 Å². The fourth-order valence-electron chi connectivity index (χ4n) is 3.53. The van der Waals surface area contributed by atoms with Crippen LogP contribution in [0.4, 0.5) is 0 Å². The molecule has 0 radical (unpaired) electrons. The highest BCUT2D eigenvalue weighted by atomic mass is 16.5. The molecule has 1 heterocycles. The summed E-state index contributed by atoms with van der Waals surface area (Å²) in [7, 11) is 0. The third kappa shape index (κ3) is 6.95. The van der Waals surface area contributed by atoms with Crippen molar-refractivity contribution in [2.75, 3.05) is 6.61 Å². The Kier molecular flexibility index (Phi) is 8.62. The molecule has 0 aliphatic heterocycles. The van der Waals surface area contributed by atoms with Crippen molar-refractivity contribution in [3.8, 4) is 0 Å². The van der Waals surface area contributed by atoms with Gasteiger partial charge in [0, 0.05) is 25.5 Å². The van der Waals surface area contributed by atoms with Crippen LogP contribution in [0.15, 0.2) is 18.7 Å². The van der Waals surface area contributed by atoms with Crippen molar-refractivity contribution in [2.45, 2.75) is 90.2 Å². The van der Waals surface area contributed by atoms with Crippen LogP contribution >= 0.6 is 0 Å². The molecule has 0 bridgehead atoms. The number of unbranched alkanes of at least 4 members (excludes halogenated alkanes) is 3. The molecule has 1 aliphatic carbocycles. The molecule has 0 amide bonds. The number of nitrogens with zero attached hydrogens (tertiary/aromatic N) is 2. The summed E-state index contributed by atoms with van der Waals surface area (Å²) in [5, 5.41) is 0. The average Bonchev–Trinajstić information content (AvgIpc) is 3.06. The van der Waals surface area contributed by atoms with Crippen molar-refractivity contribution < 1.29 is 4.74 Å². The summed E-state index contributed by atoms with van der Waals surface area (Å²) in [6, 6.07) is 0. The summed E-state index contributed by atoms with van der Waals surface area (Å²) in [4.78, 5) is 4.15. The number of ether oxygens (including phenoxy) is 1. The van der Waals surface area contributed by atoms with Gasteiger partial charge in [0.2, 0.25) is 0 Å². The van der Waals surface area contributed by atoms with E-state index in [4.69, 9.17) is 4.74 Å². The molecule has 2 rings (SSSR count). The van der Waals surface area contributed by atoms with E-state index in [-0.39, 0.29) is 0 Å². The van der Waals surface area contributed by atoms with Gasteiger partial charge in [-0.05, 0) is 25.2 Å². The number of aromatic nitrogens is 2. The maximum absolute atomic E-state index is 6.20. The number of hydrogen-bond donors (Lipinski definition) is 0. The summed E-state index contributed by atoms with van der Waals surface area (Å²) < 4.78 is 8.37. The second kappa shape index (κ2) is 10.8. The van der Waals surface area contributed by atoms with Gasteiger partial charge in [-0.3, -0.25) is 0 Å². The second-order valence-corrected chi connectivity index (χ2v) is 6.89. The van der Waals surface area contributed by atoms with Crippen LogP contribution in [0.5, 0.6) is 0 Å². The van der Waals surface area contributed by atoms with E-state index < -0.39 is 0 Å². The van der Waals surface area contributed by atoms with Gasteiger partial charge in [-0.15, -0.1) is 0 Å². The summed E-state index contributed by atoms with van der Waals surface area (Å²) in [6.45, 7) is 4.14. The van der Waals surface area contributed by atoms with Crippen LogP contribution < -0.4 is 0 Å². The van der Waals surface area contributed by atoms with Crippen LogP contribution in [0, 0.1) is 5.92 Å². The molecule has 0 saturated heterocycles. The first kappa shape index (κ1) is 17.5. The Balaban J connectivity index is 1.70. The number of imidazole rings is 1. The van der Waals surface area contributed by atoms with E-state index in [2.05, 4.69) is 16.5 Å². The van der Waals surface area contributed by atoms with Crippen molar-refractivity contribution in [1.29, 1.82) is 0 Å². The van der Waals surface area contributed by atoms with Gasteiger partial charge >= 0.3 is 0 Å². The zero-order chi connectivity index (χ0) is 15.5. The lowest BCUT2D eigenvalue weighted by atomic mass is 9.85. The molecule has 1 fully saturated rings. The Hall–Kier alpha value is -0.830. The van der Waals surface area contributed by atoms with E-state index in [1.807, 2.05) is 18.7 Å². The molecule has 1 saturated carbocycles. The second-order valence-electron chi connectivity index (χ2n) is 6.89. The molecule has 1 aromatic heterocycles. The van der Waals surface area contributed by atoms with Gasteiger partial charge in [0.1, 0.15) is 0 Å². The van der Waals surface area contributed by atoms with E-state index in [0.29, 0.717) is 6.10 Å². The number of hydrogen-bond acceptors (Lipinski definition) is 2. The molecule has 1 aromatic rings. The molecule has 22 heavy (non-hydrogen) atoms. The first-order valence-electron chi connectivity index (χ1n) is 9.46. The Labute approximate surface area is 136 Å². The van der Waals surface area contributed by atoms with E-state index >= 15 is 0 Å². The van der Waals surface area contributed by atoms with E-state index in [9.17, 15) is 0 Å². The Morgan fingerprint density at radius 2 is 2.05 bits per heavy atom. The van der Waals surface area contributed by atoms with Crippen molar-refractivity contribution in [3.05, 3.63) is 18.7 Å². The van der Waals surface area contributed by atoms with Crippen molar-refractivity contribution in [1.82, 2.24) is 9.55 Å². The van der Waals surface area contributed by atoms with Crippen molar-refractivity contribution in [3.63, 3.8) is 0 Å². The first-order chi connectivity index (χ1) is 10.9. The van der Waals surface area contributed by atoms with Crippen LogP contribution in [-0.4, -0.2) is 22.3 Å². The predicted octanol–water partition coefficient (Wildman–Crippen LogP) is 5.21. The summed E-state index contributed by atoms with van der Waals surface area (Å²) in [5.74, 6) is 0.947. The lowest BCUT2D eigenvalue weighted by Gasteiger charge is -2.24. The molecular formula is C19H34N2O. The maximum atomic E-state index is 6.20. The van der Waals surface area contributed by atoms with Crippen LogP contribution in [0.2, 0.25) is 0 Å². The molecule has 0 spiro atoms. The maximum Gasteiger partial charge on any atom is 0.0946 e. The minimum Gasteiger partial charge on any atom is -0.376 e. The first-order valence-corrected chi connectivity index (χ1v) is 9.46. The summed E-state index contributed by atoms with van der Waals surface area (Å²) >= 11 is 0. The minimum absolute atomic E-state index is 0.359. The SMILES string of the molecule is CCCCCCOC(CCC1CCCCC1)Cn1ccnc1. The number of rotatable bonds is 11. The minimum atomic E-state index is 0.359. The molecule has 3 heteroatoms. The Bertz CT molecular complexity index is 358. The van der Waals surface area contributed by atoms with Gasteiger partial charge in [-0.2, -0.15) is 0 Å². The molecule has 3 nitrogen and oxygen atoms in total. The predicted molar refractivity (Wildman–Crippen MR) is 91.9 cm³/mol. The highest BCUT2D eigenvalue weighted by Gasteiger charge is 2.17. The quantitative estimate of drug-likeness (QED) is 0.525. The highest BCUT2D eigenvalue weighted by molar-refractivity contribution is 4.77. The Morgan fingerprint density at radius 3 is 2.77 bits per heavy atom.